The zero-order valence-electron chi connectivity index (χ0n) is 11.3. The van der Waals surface area contributed by atoms with Crippen LogP contribution in [-0.2, 0) is 6.54 Å². The summed E-state index contributed by atoms with van der Waals surface area (Å²) >= 11 is 5.95. The van der Waals surface area contributed by atoms with Crippen LogP contribution in [0.2, 0.25) is 5.02 Å². The molecule has 104 valence electrons. The lowest BCUT2D eigenvalue weighted by atomic mass is 10.1. The predicted octanol–water partition coefficient (Wildman–Crippen LogP) is 3.02. The molecule has 1 aromatic heterocycles. The summed E-state index contributed by atoms with van der Waals surface area (Å²) in [6.07, 6.45) is 3.43. The van der Waals surface area contributed by atoms with Crippen LogP contribution in [0.3, 0.4) is 0 Å². The van der Waals surface area contributed by atoms with Gasteiger partial charge in [0.1, 0.15) is 5.75 Å². The monoisotopic (exact) mass is 290 g/mol. The number of halogens is 1. The van der Waals surface area contributed by atoms with Crippen LogP contribution in [0.4, 0.5) is 0 Å². The highest BCUT2D eigenvalue weighted by molar-refractivity contribution is 6.31. The fourth-order valence-corrected chi connectivity index (χ4v) is 2.06. The molecular formula is C15H15ClN2O2. The van der Waals surface area contributed by atoms with Crippen LogP contribution in [0.25, 0.3) is 0 Å². The highest BCUT2D eigenvalue weighted by atomic mass is 35.5. The summed E-state index contributed by atoms with van der Waals surface area (Å²) in [5.41, 5.74) is 1.41. The molecule has 20 heavy (non-hydrogen) atoms. The number of nitrogens with zero attached hydrogens (tertiary/aromatic N) is 2. The molecule has 0 unspecified atom stereocenters. The van der Waals surface area contributed by atoms with Crippen molar-refractivity contribution < 1.29 is 9.53 Å². The van der Waals surface area contributed by atoms with E-state index in [-0.39, 0.29) is 5.91 Å². The summed E-state index contributed by atoms with van der Waals surface area (Å²) in [6.45, 7) is 0.475. The third kappa shape index (κ3) is 3.27. The third-order valence-electron chi connectivity index (χ3n) is 2.88. The van der Waals surface area contributed by atoms with Gasteiger partial charge in [0.2, 0.25) is 0 Å². The zero-order valence-corrected chi connectivity index (χ0v) is 12.1. The van der Waals surface area contributed by atoms with Gasteiger partial charge in [-0.05, 0) is 29.8 Å². The summed E-state index contributed by atoms with van der Waals surface area (Å²) in [5, 5.41) is 0.504. The molecule has 0 saturated carbocycles. The van der Waals surface area contributed by atoms with Gasteiger partial charge in [-0.15, -0.1) is 0 Å². The number of ether oxygens (including phenoxy) is 1. The Morgan fingerprint density at radius 1 is 1.40 bits per heavy atom. The van der Waals surface area contributed by atoms with Gasteiger partial charge in [-0.25, -0.2) is 0 Å². The first-order chi connectivity index (χ1) is 9.61. The molecule has 1 aromatic carbocycles. The van der Waals surface area contributed by atoms with Crippen molar-refractivity contribution >= 4 is 17.5 Å². The van der Waals surface area contributed by atoms with Crippen LogP contribution < -0.4 is 4.74 Å². The molecule has 2 rings (SSSR count). The average molecular weight is 291 g/mol. The zero-order chi connectivity index (χ0) is 14.5. The molecule has 0 spiro atoms. The number of pyridine rings is 1. The van der Waals surface area contributed by atoms with Crippen molar-refractivity contribution in [1.29, 1.82) is 0 Å². The Hall–Kier alpha value is -2.07. The largest absolute Gasteiger partial charge is 0.496 e. The maximum Gasteiger partial charge on any atom is 0.257 e. The highest BCUT2D eigenvalue weighted by Crippen LogP contribution is 2.24. The van der Waals surface area contributed by atoms with Gasteiger partial charge in [0, 0.05) is 31.0 Å². The molecule has 2 aromatic rings. The van der Waals surface area contributed by atoms with E-state index in [1.165, 1.54) is 7.11 Å². The van der Waals surface area contributed by atoms with Crippen LogP contribution in [0.5, 0.6) is 5.75 Å². The van der Waals surface area contributed by atoms with Gasteiger partial charge in [-0.1, -0.05) is 17.7 Å². The first-order valence-corrected chi connectivity index (χ1v) is 6.47. The molecule has 0 radical (unpaired) electrons. The van der Waals surface area contributed by atoms with Crippen LogP contribution in [0.1, 0.15) is 15.9 Å². The Bertz CT molecular complexity index is 602. The minimum Gasteiger partial charge on any atom is -0.496 e. The van der Waals surface area contributed by atoms with Gasteiger partial charge in [0.25, 0.3) is 5.91 Å². The Morgan fingerprint density at radius 2 is 2.20 bits per heavy atom. The molecule has 0 aliphatic rings. The molecule has 0 saturated heterocycles. The maximum atomic E-state index is 12.4. The topological polar surface area (TPSA) is 42.4 Å². The van der Waals surface area contributed by atoms with E-state index in [1.54, 1.807) is 42.5 Å². The normalized spacial score (nSPS) is 10.2. The summed E-state index contributed by atoms with van der Waals surface area (Å²) in [6, 6.07) is 8.76. The Kier molecular flexibility index (Phi) is 4.58. The minimum absolute atomic E-state index is 0.145. The van der Waals surface area contributed by atoms with Crippen molar-refractivity contribution in [2.24, 2.45) is 0 Å². The smallest absolute Gasteiger partial charge is 0.257 e. The van der Waals surface area contributed by atoms with Crippen molar-refractivity contribution in [3.63, 3.8) is 0 Å². The van der Waals surface area contributed by atoms with Crippen molar-refractivity contribution in [1.82, 2.24) is 9.88 Å². The molecule has 0 N–H and O–H groups in total. The molecule has 1 amide bonds. The SMILES string of the molecule is COc1ccc(Cl)cc1C(=O)N(C)Cc1cccnc1. The predicted molar refractivity (Wildman–Crippen MR) is 78.0 cm³/mol. The van der Waals surface area contributed by atoms with Crippen molar-refractivity contribution in [3.05, 3.63) is 58.9 Å². The quantitative estimate of drug-likeness (QED) is 0.869. The molecule has 4 nitrogen and oxygen atoms in total. The number of carbonyl (C=O) groups excluding carboxylic acids is 1. The third-order valence-corrected chi connectivity index (χ3v) is 3.12. The van der Waals surface area contributed by atoms with Gasteiger partial charge in [0.15, 0.2) is 0 Å². The fourth-order valence-electron chi connectivity index (χ4n) is 1.89. The van der Waals surface area contributed by atoms with Crippen LogP contribution >= 0.6 is 11.6 Å². The molecule has 0 bridgehead atoms. The second kappa shape index (κ2) is 6.39. The number of aromatic nitrogens is 1. The summed E-state index contributed by atoms with van der Waals surface area (Å²) < 4.78 is 5.20. The van der Waals surface area contributed by atoms with E-state index in [2.05, 4.69) is 4.98 Å². The summed E-state index contributed by atoms with van der Waals surface area (Å²) in [4.78, 5) is 18.1. The second-order valence-corrected chi connectivity index (χ2v) is 4.80. The van der Waals surface area contributed by atoms with Gasteiger partial charge < -0.3 is 9.64 Å². The number of amides is 1. The van der Waals surface area contributed by atoms with E-state index in [4.69, 9.17) is 16.3 Å². The van der Waals surface area contributed by atoms with E-state index in [9.17, 15) is 4.79 Å². The molecule has 0 aliphatic carbocycles. The lowest BCUT2D eigenvalue weighted by Crippen LogP contribution is -2.26. The molecule has 5 heteroatoms. The average Bonchev–Trinajstić information content (AvgIpc) is 2.47. The summed E-state index contributed by atoms with van der Waals surface area (Å²) in [5.74, 6) is 0.366. The number of methoxy groups -OCH3 is 1. The number of benzene rings is 1. The Balaban J connectivity index is 2.20. The van der Waals surface area contributed by atoms with Crippen LogP contribution in [0.15, 0.2) is 42.7 Å². The van der Waals surface area contributed by atoms with Crippen molar-refractivity contribution in [2.75, 3.05) is 14.2 Å². The second-order valence-electron chi connectivity index (χ2n) is 4.37. The van der Waals surface area contributed by atoms with Gasteiger partial charge in [-0.3, -0.25) is 9.78 Å². The molecule has 0 aliphatic heterocycles. The Morgan fingerprint density at radius 3 is 2.85 bits per heavy atom. The van der Waals surface area contributed by atoms with Crippen LogP contribution in [-0.4, -0.2) is 29.9 Å². The number of hydrogen-bond donors (Lipinski definition) is 0. The summed E-state index contributed by atoms with van der Waals surface area (Å²) in [7, 11) is 3.26. The molecule has 0 fully saturated rings. The first kappa shape index (κ1) is 14.3. The number of hydrogen-bond acceptors (Lipinski definition) is 3. The lowest BCUT2D eigenvalue weighted by Gasteiger charge is -2.18. The lowest BCUT2D eigenvalue weighted by molar-refractivity contribution is 0.0781. The standard InChI is InChI=1S/C15H15ClN2O2/c1-18(10-11-4-3-7-17-9-11)15(19)13-8-12(16)5-6-14(13)20-2/h3-9H,10H2,1-2H3. The fraction of sp³-hybridized carbons (Fsp3) is 0.200. The van der Waals surface area contributed by atoms with Gasteiger partial charge in [0.05, 0.1) is 12.7 Å². The molecule has 0 atom stereocenters. The van der Waals surface area contributed by atoms with Crippen molar-refractivity contribution in [2.45, 2.75) is 6.54 Å². The number of rotatable bonds is 4. The highest BCUT2D eigenvalue weighted by Gasteiger charge is 2.17. The van der Waals surface area contributed by atoms with E-state index in [0.29, 0.717) is 22.9 Å². The van der Waals surface area contributed by atoms with E-state index in [1.807, 2.05) is 12.1 Å². The van der Waals surface area contributed by atoms with E-state index < -0.39 is 0 Å². The van der Waals surface area contributed by atoms with Gasteiger partial charge in [-0.2, -0.15) is 0 Å². The van der Waals surface area contributed by atoms with E-state index in [0.717, 1.165) is 5.56 Å². The molecular weight excluding hydrogens is 276 g/mol. The van der Waals surface area contributed by atoms with Crippen molar-refractivity contribution in [3.8, 4) is 5.75 Å². The number of carbonyl (C=O) groups is 1. The van der Waals surface area contributed by atoms with Crippen LogP contribution in [0, 0.1) is 0 Å². The van der Waals surface area contributed by atoms with Gasteiger partial charge >= 0.3 is 0 Å². The van der Waals surface area contributed by atoms with E-state index >= 15 is 0 Å². The maximum absolute atomic E-state index is 12.4. The first-order valence-electron chi connectivity index (χ1n) is 6.09. The Labute approximate surface area is 123 Å². The minimum atomic E-state index is -0.145. The molecule has 1 heterocycles.